The van der Waals surface area contributed by atoms with E-state index in [0.29, 0.717) is 15.8 Å². The van der Waals surface area contributed by atoms with E-state index in [0.717, 1.165) is 40.7 Å². The number of benzene rings is 1. The molecule has 1 aromatic heterocycles. The molecule has 1 aliphatic carbocycles. The third-order valence-corrected chi connectivity index (χ3v) is 4.64. The summed E-state index contributed by atoms with van der Waals surface area (Å²) in [7, 11) is 0. The Morgan fingerprint density at radius 1 is 1.33 bits per heavy atom. The van der Waals surface area contributed by atoms with E-state index in [4.69, 9.17) is 34.5 Å². The van der Waals surface area contributed by atoms with Crippen molar-refractivity contribution >= 4 is 56.2 Å². The van der Waals surface area contributed by atoms with E-state index >= 15 is 0 Å². The third kappa shape index (κ3) is 3.05. The first kappa shape index (κ1) is 14.8. The van der Waals surface area contributed by atoms with Crippen LogP contribution in [0.15, 0.2) is 28.7 Å². The van der Waals surface area contributed by atoms with Crippen LogP contribution < -0.4 is 11.1 Å². The van der Waals surface area contributed by atoms with Gasteiger partial charge in [-0.05, 0) is 65.0 Å². The van der Waals surface area contributed by atoms with Gasteiger partial charge in [0, 0.05) is 15.2 Å². The largest absolute Gasteiger partial charge is 0.389 e. The first-order valence-corrected chi connectivity index (χ1v) is 8.17. The molecule has 21 heavy (non-hydrogen) atoms. The molecule has 0 saturated carbocycles. The molecule has 0 saturated heterocycles. The summed E-state index contributed by atoms with van der Waals surface area (Å²) in [5, 5.41) is 3.93. The maximum atomic E-state index is 6.05. The average molecular weight is 383 g/mol. The van der Waals surface area contributed by atoms with E-state index in [-0.39, 0.29) is 0 Å². The van der Waals surface area contributed by atoms with Crippen LogP contribution in [0.1, 0.15) is 23.2 Å². The Balaban J connectivity index is 2.05. The monoisotopic (exact) mass is 381 g/mol. The van der Waals surface area contributed by atoms with Crippen molar-refractivity contribution in [1.29, 1.82) is 0 Å². The van der Waals surface area contributed by atoms with Crippen LogP contribution in [0.2, 0.25) is 5.02 Å². The standard InChI is InChI=1S/C15H13BrClN3S/c16-11-5-4-9(17)7-13(11)20-15-10(14(18)21)6-8-2-1-3-12(8)19-15/h4-7H,1-3H2,(H2,18,21)(H,19,20). The van der Waals surface area contributed by atoms with E-state index in [9.17, 15) is 0 Å². The van der Waals surface area contributed by atoms with Crippen LogP contribution >= 0.6 is 39.7 Å². The summed E-state index contributed by atoms with van der Waals surface area (Å²) < 4.78 is 0.906. The van der Waals surface area contributed by atoms with Gasteiger partial charge in [-0.1, -0.05) is 23.8 Å². The number of aryl methyl sites for hydroxylation is 2. The first-order chi connectivity index (χ1) is 10.0. The van der Waals surface area contributed by atoms with Gasteiger partial charge < -0.3 is 11.1 Å². The van der Waals surface area contributed by atoms with Crippen molar-refractivity contribution in [3.63, 3.8) is 0 Å². The van der Waals surface area contributed by atoms with Crippen molar-refractivity contribution in [3.8, 4) is 0 Å². The lowest BCUT2D eigenvalue weighted by Gasteiger charge is -2.14. The van der Waals surface area contributed by atoms with E-state index in [1.807, 2.05) is 18.2 Å². The van der Waals surface area contributed by atoms with Gasteiger partial charge in [-0.25, -0.2) is 4.98 Å². The number of aromatic nitrogens is 1. The molecular formula is C15H13BrClN3S. The predicted octanol–water partition coefficient (Wildman–Crippen LogP) is 4.36. The molecule has 0 spiro atoms. The van der Waals surface area contributed by atoms with E-state index in [1.54, 1.807) is 0 Å². The van der Waals surface area contributed by atoms with Gasteiger partial charge in [-0.3, -0.25) is 0 Å². The van der Waals surface area contributed by atoms with Crippen molar-refractivity contribution in [2.75, 3.05) is 5.32 Å². The Labute approximate surface area is 142 Å². The molecule has 0 amide bonds. The van der Waals surface area contributed by atoms with Gasteiger partial charge in [0.1, 0.15) is 10.8 Å². The lowest BCUT2D eigenvalue weighted by Crippen LogP contribution is -2.14. The molecule has 3 rings (SSSR count). The molecule has 0 unspecified atom stereocenters. The summed E-state index contributed by atoms with van der Waals surface area (Å²) in [6.45, 7) is 0. The highest BCUT2D eigenvalue weighted by molar-refractivity contribution is 9.10. The Bertz CT molecular complexity index is 733. The number of rotatable bonds is 3. The SMILES string of the molecule is NC(=S)c1cc2c(nc1Nc1cc(Cl)ccc1Br)CCC2. The molecule has 0 bridgehead atoms. The molecule has 0 aliphatic heterocycles. The maximum absolute atomic E-state index is 6.05. The minimum atomic E-state index is 0.345. The molecule has 6 heteroatoms. The van der Waals surface area contributed by atoms with Crippen LogP contribution in [0, 0.1) is 0 Å². The zero-order chi connectivity index (χ0) is 15.0. The van der Waals surface area contributed by atoms with Gasteiger partial charge in [0.25, 0.3) is 0 Å². The van der Waals surface area contributed by atoms with Crippen LogP contribution in [-0.4, -0.2) is 9.97 Å². The van der Waals surface area contributed by atoms with E-state index in [2.05, 4.69) is 27.3 Å². The topological polar surface area (TPSA) is 50.9 Å². The molecule has 2 aromatic rings. The highest BCUT2D eigenvalue weighted by atomic mass is 79.9. The Morgan fingerprint density at radius 2 is 2.14 bits per heavy atom. The molecule has 3 nitrogen and oxygen atoms in total. The van der Waals surface area contributed by atoms with Crippen molar-refractivity contribution in [3.05, 3.63) is 50.6 Å². The smallest absolute Gasteiger partial charge is 0.140 e. The van der Waals surface area contributed by atoms with Gasteiger partial charge in [0.15, 0.2) is 0 Å². The summed E-state index contributed by atoms with van der Waals surface area (Å²) in [6, 6.07) is 7.60. The van der Waals surface area contributed by atoms with Crippen LogP contribution in [0.25, 0.3) is 0 Å². The highest BCUT2D eigenvalue weighted by Gasteiger charge is 2.18. The molecule has 3 N–H and O–H groups in total. The first-order valence-electron chi connectivity index (χ1n) is 6.59. The van der Waals surface area contributed by atoms with Crippen LogP contribution in [-0.2, 0) is 12.8 Å². The Kier molecular flexibility index (Phi) is 4.15. The molecule has 108 valence electrons. The maximum Gasteiger partial charge on any atom is 0.140 e. The van der Waals surface area contributed by atoms with Gasteiger partial charge in [0.2, 0.25) is 0 Å². The van der Waals surface area contributed by atoms with E-state index < -0.39 is 0 Å². The van der Waals surface area contributed by atoms with Crippen LogP contribution in [0.5, 0.6) is 0 Å². The molecule has 1 aliphatic rings. The number of halogens is 2. The number of nitrogens with zero attached hydrogens (tertiary/aromatic N) is 1. The molecular weight excluding hydrogens is 370 g/mol. The van der Waals surface area contributed by atoms with Gasteiger partial charge in [-0.15, -0.1) is 0 Å². The quantitative estimate of drug-likeness (QED) is 0.774. The normalized spacial score (nSPS) is 13.0. The van der Waals surface area contributed by atoms with Crippen molar-refractivity contribution in [2.24, 2.45) is 5.73 Å². The second-order valence-corrected chi connectivity index (χ2v) is 6.69. The third-order valence-electron chi connectivity index (χ3n) is 3.50. The molecule has 0 radical (unpaired) electrons. The summed E-state index contributed by atoms with van der Waals surface area (Å²) in [4.78, 5) is 5.04. The number of nitrogens with one attached hydrogen (secondary N) is 1. The van der Waals surface area contributed by atoms with Gasteiger partial charge >= 0.3 is 0 Å². The van der Waals surface area contributed by atoms with Gasteiger partial charge in [0.05, 0.1) is 11.3 Å². The lowest BCUT2D eigenvalue weighted by molar-refractivity contribution is 0.900. The van der Waals surface area contributed by atoms with Crippen molar-refractivity contribution < 1.29 is 0 Å². The summed E-state index contributed by atoms with van der Waals surface area (Å²) >= 11 is 14.7. The lowest BCUT2D eigenvalue weighted by atomic mass is 10.1. The second-order valence-electron chi connectivity index (χ2n) is 4.96. The molecule has 1 aromatic carbocycles. The van der Waals surface area contributed by atoms with Gasteiger partial charge in [-0.2, -0.15) is 0 Å². The number of pyridine rings is 1. The fraction of sp³-hybridized carbons (Fsp3) is 0.200. The number of nitrogens with two attached hydrogens (primary N) is 1. The van der Waals surface area contributed by atoms with Crippen LogP contribution in [0.4, 0.5) is 11.5 Å². The number of fused-ring (bicyclic) bond motifs is 1. The number of hydrogen-bond donors (Lipinski definition) is 2. The number of thiocarbonyl (C=S) groups is 1. The summed E-state index contributed by atoms with van der Waals surface area (Å²) in [6.07, 6.45) is 3.17. The average Bonchev–Trinajstić information content (AvgIpc) is 2.89. The zero-order valence-electron chi connectivity index (χ0n) is 11.1. The fourth-order valence-corrected chi connectivity index (χ4v) is 3.15. The summed E-state index contributed by atoms with van der Waals surface area (Å²) in [5.41, 5.74) is 9.82. The van der Waals surface area contributed by atoms with Crippen LogP contribution in [0.3, 0.4) is 0 Å². The Hall–Kier alpha value is -1.17. The summed E-state index contributed by atoms with van der Waals surface area (Å²) in [5.74, 6) is 0.686. The van der Waals surface area contributed by atoms with Crippen molar-refractivity contribution in [2.45, 2.75) is 19.3 Å². The second kappa shape index (κ2) is 5.91. The number of anilines is 2. The minimum Gasteiger partial charge on any atom is -0.389 e. The highest BCUT2D eigenvalue weighted by Crippen LogP contribution is 2.31. The molecule has 0 atom stereocenters. The predicted molar refractivity (Wildman–Crippen MR) is 94.6 cm³/mol. The molecule has 1 heterocycles. The van der Waals surface area contributed by atoms with E-state index in [1.165, 1.54) is 5.56 Å². The molecule has 0 fully saturated rings. The Morgan fingerprint density at radius 3 is 2.90 bits per heavy atom. The number of hydrogen-bond acceptors (Lipinski definition) is 3. The van der Waals surface area contributed by atoms with Crippen molar-refractivity contribution in [1.82, 2.24) is 4.98 Å². The zero-order valence-corrected chi connectivity index (χ0v) is 14.3. The minimum absolute atomic E-state index is 0.345. The fourth-order valence-electron chi connectivity index (χ4n) is 2.48.